The van der Waals surface area contributed by atoms with Crippen LogP contribution < -0.4 is 4.90 Å². The number of hydrogen-bond donors (Lipinski definition) is 0. The Morgan fingerprint density at radius 1 is 1.10 bits per heavy atom. The monoisotopic (exact) mass is 393 g/mol. The van der Waals surface area contributed by atoms with E-state index >= 15 is 0 Å². The molecule has 3 aliphatic rings. The molecule has 2 unspecified atom stereocenters. The number of carbonyl (C=O) groups is 1. The molecule has 0 aromatic heterocycles. The van der Waals surface area contributed by atoms with Crippen LogP contribution >= 0.6 is 0 Å². The smallest absolute Gasteiger partial charge is 0.232 e. The summed E-state index contributed by atoms with van der Waals surface area (Å²) in [5.74, 6) is 3.07. The number of nitrogens with zero attached hydrogens (tertiary/aromatic N) is 1. The first-order valence-corrected chi connectivity index (χ1v) is 11.8. The molecule has 2 heteroatoms. The van der Waals surface area contributed by atoms with Gasteiger partial charge in [-0.3, -0.25) is 4.79 Å². The standard InChI is InChI=1S/C27H39NO/c1-19(2)20-12-14-23-21(18-20)13-15-24-26(23,3)16-9-17-27(24,4)25(29)28(5)22-10-7-6-8-11-22/h6-8,10-11,13,19-20,23-24H,9,12,14-18H2,1-5H3/t20?,23-,24?,26-,27+/m1/s1. The number of benzene rings is 1. The summed E-state index contributed by atoms with van der Waals surface area (Å²) in [6.07, 6.45) is 11.1. The molecule has 158 valence electrons. The average Bonchev–Trinajstić information content (AvgIpc) is 2.72. The van der Waals surface area contributed by atoms with Crippen LogP contribution in [0.1, 0.15) is 72.6 Å². The largest absolute Gasteiger partial charge is 0.315 e. The van der Waals surface area contributed by atoms with Crippen molar-refractivity contribution in [3.8, 4) is 0 Å². The molecule has 0 spiro atoms. The number of anilines is 1. The molecular weight excluding hydrogens is 354 g/mol. The molecular formula is C27H39NO. The van der Waals surface area contributed by atoms with Crippen LogP contribution in [0.2, 0.25) is 0 Å². The van der Waals surface area contributed by atoms with Crippen LogP contribution in [0.4, 0.5) is 5.69 Å². The zero-order valence-corrected chi connectivity index (χ0v) is 19.1. The van der Waals surface area contributed by atoms with Gasteiger partial charge in [0.05, 0.1) is 5.41 Å². The normalized spacial score (nSPS) is 36.8. The minimum absolute atomic E-state index is 0.269. The molecule has 0 aliphatic heterocycles. The van der Waals surface area contributed by atoms with Gasteiger partial charge in [0.2, 0.25) is 5.91 Å². The second kappa shape index (κ2) is 7.60. The van der Waals surface area contributed by atoms with Crippen molar-refractivity contribution in [3.05, 3.63) is 42.0 Å². The van der Waals surface area contributed by atoms with Crippen molar-refractivity contribution in [1.82, 2.24) is 0 Å². The summed E-state index contributed by atoms with van der Waals surface area (Å²) in [5, 5.41) is 0. The van der Waals surface area contributed by atoms with E-state index in [-0.39, 0.29) is 10.8 Å². The molecule has 0 N–H and O–H groups in total. The molecule has 1 aromatic rings. The fourth-order valence-corrected chi connectivity index (χ4v) is 7.20. The predicted octanol–water partition coefficient (Wildman–Crippen LogP) is 6.86. The lowest BCUT2D eigenvalue weighted by molar-refractivity contribution is -0.141. The van der Waals surface area contributed by atoms with Crippen molar-refractivity contribution in [2.75, 3.05) is 11.9 Å². The highest BCUT2D eigenvalue weighted by atomic mass is 16.2. The van der Waals surface area contributed by atoms with Gasteiger partial charge in [-0.05, 0) is 79.7 Å². The summed E-state index contributed by atoms with van der Waals surface area (Å²) in [6.45, 7) is 9.57. The third-order valence-electron chi connectivity index (χ3n) is 9.04. The van der Waals surface area contributed by atoms with Crippen LogP contribution in [0.5, 0.6) is 0 Å². The minimum atomic E-state index is -0.269. The highest BCUT2D eigenvalue weighted by Crippen LogP contribution is 2.63. The Kier molecular flexibility index (Phi) is 5.42. The quantitative estimate of drug-likeness (QED) is 0.513. The Morgan fingerprint density at radius 2 is 1.83 bits per heavy atom. The van der Waals surface area contributed by atoms with Gasteiger partial charge < -0.3 is 4.90 Å². The SMILES string of the molecule is CC(C)C1CC[C@@H]2C(=CCC3[C@]2(C)CCC[C@]3(C)C(=O)N(C)c2ccccc2)C1. The van der Waals surface area contributed by atoms with Crippen molar-refractivity contribution < 1.29 is 4.79 Å². The number of amides is 1. The number of rotatable bonds is 3. The Labute approximate surface area is 177 Å². The van der Waals surface area contributed by atoms with Crippen molar-refractivity contribution in [3.63, 3.8) is 0 Å². The molecule has 29 heavy (non-hydrogen) atoms. The van der Waals surface area contributed by atoms with E-state index in [9.17, 15) is 4.79 Å². The first kappa shape index (κ1) is 20.7. The molecule has 3 aliphatic carbocycles. The van der Waals surface area contributed by atoms with Crippen molar-refractivity contribution >= 4 is 11.6 Å². The van der Waals surface area contributed by atoms with Crippen LogP contribution in [-0.2, 0) is 4.79 Å². The molecule has 0 saturated heterocycles. The Morgan fingerprint density at radius 3 is 2.52 bits per heavy atom. The molecule has 5 atom stereocenters. The van der Waals surface area contributed by atoms with Crippen LogP contribution in [0.25, 0.3) is 0 Å². The van der Waals surface area contributed by atoms with Gasteiger partial charge in [0.25, 0.3) is 0 Å². The Hall–Kier alpha value is -1.57. The van der Waals surface area contributed by atoms with Crippen LogP contribution in [0, 0.1) is 34.5 Å². The van der Waals surface area contributed by atoms with E-state index in [4.69, 9.17) is 0 Å². The second-order valence-corrected chi connectivity index (χ2v) is 10.9. The van der Waals surface area contributed by atoms with Crippen molar-refractivity contribution in [2.24, 2.45) is 34.5 Å². The van der Waals surface area contributed by atoms with E-state index in [0.29, 0.717) is 17.7 Å². The minimum Gasteiger partial charge on any atom is -0.315 e. The van der Waals surface area contributed by atoms with Crippen LogP contribution in [0.15, 0.2) is 42.0 Å². The molecule has 1 amide bonds. The second-order valence-electron chi connectivity index (χ2n) is 10.9. The van der Waals surface area contributed by atoms with Gasteiger partial charge in [-0.1, -0.05) is 64.0 Å². The van der Waals surface area contributed by atoms with E-state index in [0.717, 1.165) is 30.4 Å². The summed E-state index contributed by atoms with van der Waals surface area (Å²) < 4.78 is 0. The van der Waals surface area contributed by atoms with Crippen LogP contribution in [-0.4, -0.2) is 13.0 Å². The zero-order valence-electron chi connectivity index (χ0n) is 19.1. The van der Waals surface area contributed by atoms with Gasteiger partial charge in [0, 0.05) is 12.7 Å². The number of hydrogen-bond acceptors (Lipinski definition) is 1. The van der Waals surface area contributed by atoms with Gasteiger partial charge in [-0.25, -0.2) is 0 Å². The van der Waals surface area contributed by atoms with E-state index in [2.05, 4.69) is 45.9 Å². The van der Waals surface area contributed by atoms with Crippen molar-refractivity contribution in [2.45, 2.75) is 72.6 Å². The molecule has 0 heterocycles. The highest BCUT2D eigenvalue weighted by Gasteiger charge is 2.58. The Bertz CT molecular complexity index is 781. The summed E-state index contributed by atoms with van der Waals surface area (Å²) in [5.41, 5.74) is 2.73. The fraction of sp³-hybridized carbons (Fsp3) is 0.667. The zero-order chi connectivity index (χ0) is 20.8. The summed E-state index contributed by atoms with van der Waals surface area (Å²) in [4.78, 5) is 15.7. The topological polar surface area (TPSA) is 20.3 Å². The van der Waals surface area contributed by atoms with Gasteiger partial charge >= 0.3 is 0 Å². The maximum atomic E-state index is 13.8. The number of allylic oxidation sites excluding steroid dienone is 2. The molecule has 2 nitrogen and oxygen atoms in total. The summed E-state index contributed by atoms with van der Waals surface area (Å²) in [7, 11) is 1.97. The number of para-hydroxylation sites is 1. The molecule has 0 bridgehead atoms. The predicted molar refractivity (Wildman–Crippen MR) is 122 cm³/mol. The molecule has 0 radical (unpaired) electrons. The van der Waals surface area contributed by atoms with E-state index in [1.54, 1.807) is 5.57 Å². The average molecular weight is 394 g/mol. The van der Waals surface area contributed by atoms with Gasteiger partial charge in [-0.2, -0.15) is 0 Å². The molecule has 2 fully saturated rings. The molecule has 4 rings (SSSR count). The summed E-state index contributed by atoms with van der Waals surface area (Å²) in [6, 6.07) is 10.2. The van der Waals surface area contributed by atoms with Gasteiger partial charge in [0.1, 0.15) is 0 Å². The van der Waals surface area contributed by atoms with Gasteiger partial charge in [-0.15, -0.1) is 0 Å². The maximum Gasteiger partial charge on any atom is 0.232 e. The third kappa shape index (κ3) is 3.37. The summed E-state index contributed by atoms with van der Waals surface area (Å²) >= 11 is 0. The molecule has 1 aromatic carbocycles. The van der Waals surface area contributed by atoms with E-state index in [1.807, 2.05) is 30.1 Å². The highest BCUT2D eigenvalue weighted by molar-refractivity contribution is 5.97. The fourth-order valence-electron chi connectivity index (χ4n) is 7.20. The first-order valence-electron chi connectivity index (χ1n) is 11.8. The lowest BCUT2D eigenvalue weighted by atomic mass is 9.46. The number of fused-ring (bicyclic) bond motifs is 3. The third-order valence-corrected chi connectivity index (χ3v) is 9.04. The molecule has 2 saturated carbocycles. The first-order chi connectivity index (χ1) is 13.8. The van der Waals surface area contributed by atoms with E-state index < -0.39 is 0 Å². The van der Waals surface area contributed by atoms with E-state index in [1.165, 1.54) is 32.1 Å². The maximum absolute atomic E-state index is 13.8. The van der Waals surface area contributed by atoms with Crippen molar-refractivity contribution in [1.29, 1.82) is 0 Å². The lowest BCUT2D eigenvalue weighted by Crippen LogP contribution is -2.56. The van der Waals surface area contributed by atoms with Gasteiger partial charge in [0.15, 0.2) is 0 Å². The number of carbonyl (C=O) groups excluding carboxylic acids is 1. The lowest BCUT2D eigenvalue weighted by Gasteiger charge is -2.59. The van der Waals surface area contributed by atoms with Crippen LogP contribution in [0.3, 0.4) is 0 Å². The Balaban J connectivity index is 1.63.